The zero-order chi connectivity index (χ0) is 16.2. The summed E-state index contributed by atoms with van der Waals surface area (Å²) in [5.74, 6) is 0.821. The lowest BCUT2D eigenvalue weighted by Crippen LogP contribution is -1.92. The lowest BCUT2D eigenvalue weighted by molar-refractivity contribution is 0.881. The highest BCUT2D eigenvalue weighted by molar-refractivity contribution is 5.80. The van der Waals surface area contributed by atoms with Crippen molar-refractivity contribution in [1.82, 2.24) is 34.5 Å². The molecule has 0 aliphatic carbocycles. The molecule has 4 rings (SSSR count). The number of rotatable bonds is 4. The fourth-order valence-electron chi connectivity index (χ4n) is 1.98. The molecule has 0 aliphatic rings. The zero-order valence-corrected chi connectivity index (χ0v) is 12.4. The lowest BCUT2D eigenvalue weighted by atomic mass is 10.3. The highest BCUT2D eigenvalue weighted by Crippen LogP contribution is 2.10. The van der Waals surface area contributed by atoms with Crippen molar-refractivity contribution in [2.45, 2.75) is 0 Å². The Morgan fingerprint density at radius 2 is 2.00 bits per heavy atom. The van der Waals surface area contributed by atoms with Crippen molar-refractivity contribution in [3.05, 3.63) is 66.5 Å². The van der Waals surface area contributed by atoms with Crippen LogP contribution in [-0.2, 0) is 0 Å². The fraction of sp³-hybridized carbons (Fsp3) is 0. The molecule has 0 bridgehead atoms. The minimum atomic E-state index is 0.362. The van der Waals surface area contributed by atoms with Crippen LogP contribution < -0.4 is 0 Å². The van der Waals surface area contributed by atoms with Gasteiger partial charge in [-0.3, -0.25) is 9.97 Å². The van der Waals surface area contributed by atoms with E-state index in [0.29, 0.717) is 11.7 Å². The predicted octanol–water partition coefficient (Wildman–Crippen LogP) is 1.35. The summed E-state index contributed by atoms with van der Waals surface area (Å²) in [4.78, 5) is 12.5. The summed E-state index contributed by atoms with van der Waals surface area (Å²) in [5.41, 5.74) is 1.60. The second-order valence-corrected chi connectivity index (χ2v) is 4.73. The Hall–Kier alpha value is -3.75. The maximum absolute atomic E-state index is 4.28. The highest BCUT2D eigenvalue weighted by Gasteiger charge is 2.09. The number of hydrogen-bond donors (Lipinski definition) is 0. The van der Waals surface area contributed by atoms with Gasteiger partial charge in [0.15, 0.2) is 0 Å². The molecule has 0 fully saturated rings. The molecule has 9 nitrogen and oxygen atoms in total. The van der Waals surface area contributed by atoms with Gasteiger partial charge in [0, 0.05) is 30.4 Å². The van der Waals surface area contributed by atoms with Crippen LogP contribution in [0.25, 0.3) is 5.78 Å². The molecule has 4 aromatic heterocycles. The van der Waals surface area contributed by atoms with E-state index >= 15 is 0 Å². The molecule has 4 aromatic rings. The Morgan fingerprint density at radius 1 is 1.00 bits per heavy atom. The van der Waals surface area contributed by atoms with Gasteiger partial charge in [-0.25, -0.2) is 4.99 Å². The summed E-state index contributed by atoms with van der Waals surface area (Å²) in [5, 5.41) is 16.5. The first-order valence-corrected chi connectivity index (χ1v) is 7.08. The van der Waals surface area contributed by atoms with E-state index in [9.17, 15) is 0 Å². The molecule has 0 radical (unpaired) electrons. The maximum Gasteiger partial charge on any atom is 0.276 e. The first-order valence-electron chi connectivity index (χ1n) is 7.08. The smallest absolute Gasteiger partial charge is 0.264 e. The molecule has 0 saturated carbocycles. The van der Waals surface area contributed by atoms with E-state index in [0.717, 1.165) is 11.3 Å². The normalized spacial score (nSPS) is 11.8. The van der Waals surface area contributed by atoms with Gasteiger partial charge in [0.05, 0.1) is 11.9 Å². The standard InChI is InChI=1S/C15H11N9/c1-2-7-17-13(5-1)10-19-23-11-20-24-14(21-22-15(23)24)18-9-12-4-3-6-16-8-12/h1-11H. The number of pyridine rings is 2. The third kappa shape index (κ3) is 2.77. The SMILES string of the molecule is C(=Nc1nnc2n(N=Cc3ccccn3)cnn12)c1cccnc1. The van der Waals surface area contributed by atoms with E-state index in [1.807, 2.05) is 30.3 Å². The van der Waals surface area contributed by atoms with Gasteiger partial charge in [-0.05, 0) is 18.2 Å². The van der Waals surface area contributed by atoms with Crippen molar-refractivity contribution in [2.24, 2.45) is 10.1 Å². The predicted molar refractivity (Wildman–Crippen MR) is 87.5 cm³/mol. The summed E-state index contributed by atoms with van der Waals surface area (Å²) in [6.45, 7) is 0. The van der Waals surface area contributed by atoms with Crippen LogP contribution in [0.1, 0.15) is 11.3 Å². The summed E-state index contributed by atoms with van der Waals surface area (Å²) >= 11 is 0. The van der Waals surface area contributed by atoms with Crippen molar-refractivity contribution in [2.75, 3.05) is 0 Å². The average molecular weight is 317 g/mol. The van der Waals surface area contributed by atoms with Crippen LogP contribution in [0.2, 0.25) is 0 Å². The number of fused-ring (bicyclic) bond motifs is 1. The molecular formula is C15H11N9. The molecule has 0 amide bonds. The van der Waals surface area contributed by atoms with Crippen LogP contribution in [0.5, 0.6) is 0 Å². The summed E-state index contributed by atoms with van der Waals surface area (Å²) in [6, 6.07) is 9.31. The second kappa shape index (κ2) is 6.16. The molecule has 4 heterocycles. The van der Waals surface area contributed by atoms with Crippen LogP contribution in [-0.4, -0.2) is 46.9 Å². The molecule has 0 N–H and O–H groups in total. The van der Waals surface area contributed by atoms with Gasteiger partial charge in [0.25, 0.3) is 11.7 Å². The van der Waals surface area contributed by atoms with Crippen LogP contribution >= 0.6 is 0 Å². The molecule has 24 heavy (non-hydrogen) atoms. The topological polar surface area (TPSA) is 98.5 Å². The first kappa shape index (κ1) is 13.9. The lowest BCUT2D eigenvalue weighted by Gasteiger charge is -1.91. The van der Waals surface area contributed by atoms with E-state index in [-0.39, 0.29) is 0 Å². The van der Waals surface area contributed by atoms with Crippen LogP contribution in [0, 0.1) is 0 Å². The third-order valence-electron chi connectivity index (χ3n) is 3.10. The highest BCUT2D eigenvalue weighted by atomic mass is 15.5. The average Bonchev–Trinajstić information content (AvgIpc) is 3.22. The molecular weight excluding hydrogens is 306 g/mol. The Bertz CT molecular complexity index is 916. The molecule has 0 unspecified atom stereocenters. The second-order valence-electron chi connectivity index (χ2n) is 4.73. The first-order chi connectivity index (χ1) is 11.9. The van der Waals surface area contributed by atoms with Crippen molar-refractivity contribution in [3.8, 4) is 0 Å². The summed E-state index contributed by atoms with van der Waals surface area (Å²) in [6.07, 6.45) is 9.92. The van der Waals surface area contributed by atoms with Gasteiger partial charge < -0.3 is 0 Å². The van der Waals surface area contributed by atoms with E-state index in [1.54, 1.807) is 31.0 Å². The third-order valence-corrected chi connectivity index (χ3v) is 3.10. The van der Waals surface area contributed by atoms with Gasteiger partial charge in [0.2, 0.25) is 0 Å². The summed E-state index contributed by atoms with van der Waals surface area (Å²) < 4.78 is 3.01. The fourth-order valence-corrected chi connectivity index (χ4v) is 1.98. The van der Waals surface area contributed by atoms with Crippen LogP contribution in [0.15, 0.2) is 65.3 Å². The molecule has 116 valence electrons. The Labute approximate surface area is 136 Å². The Morgan fingerprint density at radius 3 is 2.83 bits per heavy atom. The molecule has 0 atom stereocenters. The van der Waals surface area contributed by atoms with Crippen LogP contribution in [0.4, 0.5) is 5.95 Å². The quantitative estimate of drug-likeness (QED) is 0.529. The molecule has 0 saturated heterocycles. The Balaban J connectivity index is 1.61. The molecule has 0 spiro atoms. The number of hydrogen-bond acceptors (Lipinski definition) is 7. The van der Waals surface area contributed by atoms with E-state index in [2.05, 4.69) is 35.4 Å². The van der Waals surface area contributed by atoms with Crippen LogP contribution in [0.3, 0.4) is 0 Å². The van der Waals surface area contributed by atoms with Crippen molar-refractivity contribution >= 4 is 24.2 Å². The van der Waals surface area contributed by atoms with Gasteiger partial charge in [-0.15, -0.1) is 15.3 Å². The van der Waals surface area contributed by atoms with Gasteiger partial charge in [-0.2, -0.15) is 14.3 Å². The Kier molecular flexibility index (Phi) is 3.57. The van der Waals surface area contributed by atoms with Gasteiger partial charge in [-0.1, -0.05) is 12.1 Å². The number of aromatic nitrogens is 7. The van der Waals surface area contributed by atoms with Gasteiger partial charge in [0.1, 0.15) is 6.33 Å². The number of aliphatic imine (C=N–C) groups is 1. The van der Waals surface area contributed by atoms with Crippen molar-refractivity contribution < 1.29 is 0 Å². The van der Waals surface area contributed by atoms with Gasteiger partial charge >= 0.3 is 0 Å². The van der Waals surface area contributed by atoms with Crippen molar-refractivity contribution in [3.63, 3.8) is 0 Å². The maximum atomic E-state index is 4.28. The summed E-state index contributed by atoms with van der Waals surface area (Å²) in [7, 11) is 0. The zero-order valence-electron chi connectivity index (χ0n) is 12.4. The van der Waals surface area contributed by atoms with E-state index < -0.39 is 0 Å². The molecule has 0 aliphatic heterocycles. The molecule has 0 aromatic carbocycles. The minimum Gasteiger partial charge on any atom is -0.264 e. The van der Waals surface area contributed by atoms with E-state index in [1.165, 1.54) is 15.5 Å². The molecule has 9 heteroatoms. The monoisotopic (exact) mass is 317 g/mol. The van der Waals surface area contributed by atoms with Crippen molar-refractivity contribution in [1.29, 1.82) is 0 Å². The minimum absolute atomic E-state index is 0.362. The number of nitrogens with zero attached hydrogens (tertiary/aromatic N) is 9. The van der Waals surface area contributed by atoms with E-state index in [4.69, 9.17) is 0 Å². The largest absolute Gasteiger partial charge is 0.276 e.